The molecule has 1 amide bonds. The summed E-state index contributed by atoms with van der Waals surface area (Å²) in [7, 11) is 1.96. The van der Waals surface area contributed by atoms with Gasteiger partial charge in [0.15, 0.2) is 0 Å². The van der Waals surface area contributed by atoms with E-state index in [4.69, 9.17) is 0 Å². The molecule has 0 saturated heterocycles. The number of amides is 1. The first-order valence-corrected chi connectivity index (χ1v) is 7.68. The van der Waals surface area contributed by atoms with E-state index in [0.717, 1.165) is 16.5 Å². The zero-order valence-electron chi connectivity index (χ0n) is 13.3. The van der Waals surface area contributed by atoms with Crippen LogP contribution >= 0.6 is 0 Å². The number of nitrogens with one attached hydrogen (secondary N) is 1. The van der Waals surface area contributed by atoms with E-state index in [9.17, 15) is 9.18 Å². The molecule has 0 fully saturated rings. The van der Waals surface area contributed by atoms with Gasteiger partial charge >= 0.3 is 0 Å². The van der Waals surface area contributed by atoms with E-state index in [1.807, 2.05) is 42.1 Å². The minimum Gasteiger partial charge on any atom is -0.350 e. The molecule has 3 nitrogen and oxygen atoms in total. The van der Waals surface area contributed by atoms with Crippen LogP contribution in [0.25, 0.3) is 10.9 Å². The number of carbonyl (C=O) groups excluding carboxylic acids is 1. The number of fused-ring (bicyclic) bond motifs is 1. The SMILES string of the molecule is Cn1cc(CC(=O)NCC#Cc2ccccc2F)c2ccccc21. The molecule has 24 heavy (non-hydrogen) atoms. The number of aryl methyl sites for hydroxylation is 1. The first-order valence-electron chi connectivity index (χ1n) is 7.68. The van der Waals surface area contributed by atoms with Crippen LogP contribution in [0.3, 0.4) is 0 Å². The smallest absolute Gasteiger partial charge is 0.225 e. The highest BCUT2D eigenvalue weighted by atomic mass is 19.1. The van der Waals surface area contributed by atoms with Crippen LogP contribution in [0.2, 0.25) is 0 Å². The number of halogens is 1. The molecule has 3 aromatic rings. The Morgan fingerprint density at radius 2 is 1.92 bits per heavy atom. The van der Waals surface area contributed by atoms with Crippen LogP contribution in [-0.4, -0.2) is 17.0 Å². The lowest BCUT2D eigenvalue weighted by Gasteiger charge is -2.00. The van der Waals surface area contributed by atoms with Gasteiger partial charge in [0.25, 0.3) is 0 Å². The van der Waals surface area contributed by atoms with Gasteiger partial charge in [0.2, 0.25) is 5.91 Å². The van der Waals surface area contributed by atoms with Gasteiger partial charge in [-0.1, -0.05) is 42.2 Å². The third kappa shape index (κ3) is 3.47. The molecule has 2 aromatic carbocycles. The van der Waals surface area contributed by atoms with Crippen molar-refractivity contribution in [1.29, 1.82) is 0 Å². The summed E-state index contributed by atoms with van der Waals surface area (Å²) in [5, 5.41) is 3.83. The Morgan fingerprint density at radius 1 is 1.17 bits per heavy atom. The summed E-state index contributed by atoms with van der Waals surface area (Å²) in [4.78, 5) is 12.1. The second-order valence-corrected chi connectivity index (χ2v) is 5.52. The van der Waals surface area contributed by atoms with Gasteiger partial charge in [-0.25, -0.2) is 4.39 Å². The molecule has 0 aliphatic rings. The molecule has 0 unspecified atom stereocenters. The number of hydrogen-bond donors (Lipinski definition) is 1. The zero-order valence-corrected chi connectivity index (χ0v) is 13.3. The topological polar surface area (TPSA) is 34.0 Å². The highest BCUT2D eigenvalue weighted by Crippen LogP contribution is 2.20. The van der Waals surface area contributed by atoms with E-state index in [1.165, 1.54) is 6.07 Å². The standard InChI is InChI=1S/C20H17FN2O/c1-23-14-16(17-9-3-5-11-19(17)23)13-20(24)22-12-6-8-15-7-2-4-10-18(15)21/h2-5,7,9-11,14H,12-13H2,1H3,(H,22,24). The molecule has 120 valence electrons. The van der Waals surface area contributed by atoms with Crippen molar-refractivity contribution < 1.29 is 9.18 Å². The number of rotatable bonds is 3. The van der Waals surface area contributed by atoms with Crippen molar-refractivity contribution in [2.75, 3.05) is 6.54 Å². The van der Waals surface area contributed by atoms with Crippen molar-refractivity contribution in [2.24, 2.45) is 7.05 Å². The van der Waals surface area contributed by atoms with Crippen LogP contribution in [0, 0.1) is 17.7 Å². The zero-order chi connectivity index (χ0) is 16.9. The summed E-state index contributed by atoms with van der Waals surface area (Å²) in [6, 6.07) is 14.3. The molecule has 0 saturated carbocycles. The molecular weight excluding hydrogens is 303 g/mol. The molecular formula is C20H17FN2O. The molecule has 0 radical (unpaired) electrons. The van der Waals surface area contributed by atoms with Gasteiger partial charge in [0, 0.05) is 24.1 Å². The number of aromatic nitrogens is 1. The first kappa shape index (κ1) is 15.8. The van der Waals surface area contributed by atoms with Crippen molar-refractivity contribution in [3.8, 4) is 11.8 Å². The van der Waals surface area contributed by atoms with E-state index < -0.39 is 0 Å². The Morgan fingerprint density at radius 3 is 2.75 bits per heavy atom. The highest BCUT2D eigenvalue weighted by Gasteiger charge is 2.09. The lowest BCUT2D eigenvalue weighted by Crippen LogP contribution is -2.25. The Labute approximate surface area is 140 Å². The van der Waals surface area contributed by atoms with Crippen molar-refractivity contribution in [1.82, 2.24) is 9.88 Å². The Kier molecular flexibility index (Phi) is 4.62. The van der Waals surface area contributed by atoms with E-state index in [0.29, 0.717) is 12.0 Å². The van der Waals surface area contributed by atoms with E-state index in [2.05, 4.69) is 17.2 Å². The third-order valence-corrected chi connectivity index (χ3v) is 3.80. The Balaban J connectivity index is 1.61. The fourth-order valence-corrected chi connectivity index (χ4v) is 2.65. The molecule has 4 heteroatoms. The number of carbonyl (C=O) groups is 1. The fourth-order valence-electron chi connectivity index (χ4n) is 2.65. The summed E-state index contributed by atoms with van der Waals surface area (Å²) >= 11 is 0. The lowest BCUT2D eigenvalue weighted by atomic mass is 10.1. The maximum absolute atomic E-state index is 13.4. The minimum absolute atomic E-state index is 0.103. The highest BCUT2D eigenvalue weighted by molar-refractivity contribution is 5.89. The maximum atomic E-state index is 13.4. The summed E-state index contributed by atoms with van der Waals surface area (Å²) < 4.78 is 15.4. The second-order valence-electron chi connectivity index (χ2n) is 5.52. The van der Waals surface area contributed by atoms with Crippen LogP contribution < -0.4 is 5.32 Å². The number of nitrogens with zero attached hydrogens (tertiary/aromatic N) is 1. The van der Waals surface area contributed by atoms with Gasteiger partial charge in [-0.3, -0.25) is 4.79 Å². The molecule has 1 heterocycles. The van der Waals surface area contributed by atoms with E-state index in [1.54, 1.807) is 18.2 Å². The average molecular weight is 320 g/mol. The maximum Gasteiger partial charge on any atom is 0.225 e. The molecule has 0 spiro atoms. The second kappa shape index (κ2) is 7.01. The van der Waals surface area contributed by atoms with Crippen LogP contribution in [-0.2, 0) is 18.3 Å². The van der Waals surface area contributed by atoms with Crippen molar-refractivity contribution in [3.05, 3.63) is 71.7 Å². The number of benzene rings is 2. The average Bonchev–Trinajstić information content (AvgIpc) is 2.89. The summed E-state index contributed by atoms with van der Waals surface area (Å²) in [5.74, 6) is 5.04. The van der Waals surface area contributed by atoms with Gasteiger partial charge in [-0.05, 0) is 23.8 Å². The van der Waals surface area contributed by atoms with Crippen LogP contribution in [0.5, 0.6) is 0 Å². The lowest BCUT2D eigenvalue weighted by molar-refractivity contribution is -0.120. The summed E-state index contributed by atoms with van der Waals surface area (Å²) in [6.07, 6.45) is 2.26. The van der Waals surface area contributed by atoms with Gasteiger partial charge in [0.1, 0.15) is 5.82 Å². The largest absolute Gasteiger partial charge is 0.350 e. The van der Waals surface area contributed by atoms with Crippen molar-refractivity contribution in [3.63, 3.8) is 0 Å². The molecule has 3 rings (SSSR count). The normalized spacial score (nSPS) is 10.2. The van der Waals surface area contributed by atoms with Gasteiger partial charge < -0.3 is 9.88 Å². The number of hydrogen-bond acceptors (Lipinski definition) is 1. The number of para-hydroxylation sites is 1. The minimum atomic E-state index is -0.355. The first-order chi connectivity index (χ1) is 11.6. The van der Waals surface area contributed by atoms with Crippen LogP contribution in [0.15, 0.2) is 54.7 Å². The monoisotopic (exact) mass is 320 g/mol. The molecule has 0 bridgehead atoms. The Bertz CT molecular complexity index is 947. The van der Waals surface area contributed by atoms with Crippen molar-refractivity contribution in [2.45, 2.75) is 6.42 Å². The van der Waals surface area contributed by atoms with Gasteiger partial charge in [-0.2, -0.15) is 0 Å². The van der Waals surface area contributed by atoms with E-state index >= 15 is 0 Å². The van der Waals surface area contributed by atoms with Crippen LogP contribution in [0.4, 0.5) is 4.39 Å². The quantitative estimate of drug-likeness (QED) is 0.740. The van der Waals surface area contributed by atoms with E-state index in [-0.39, 0.29) is 18.3 Å². The predicted octanol–water partition coefficient (Wildman–Crippen LogP) is 3.03. The van der Waals surface area contributed by atoms with Crippen molar-refractivity contribution >= 4 is 16.8 Å². The third-order valence-electron chi connectivity index (χ3n) is 3.80. The summed E-state index contributed by atoms with van der Waals surface area (Å²) in [5.41, 5.74) is 2.41. The van der Waals surface area contributed by atoms with Gasteiger partial charge in [0.05, 0.1) is 18.5 Å². The predicted molar refractivity (Wildman–Crippen MR) is 92.9 cm³/mol. The molecule has 0 aliphatic heterocycles. The van der Waals surface area contributed by atoms with Crippen LogP contribution in [0.1, 0.15) is 11.1 Å². The Hall–Kier alpha value is -3.06. The molecule has 0 atom stereocenters. The molecule has 1 N–H and O–H groups in total. The molecule has 0 aliphatic carbocycles. The van der Waals surface area contributed by atoms with Gasteiger partial charge in [-0.15, -0.1) is 0 Å². The molecule has 1 aromatic heterocycles. The fraction of sp³-hybridized carbons (Fsp3) is 0.150. The summed E-state index contributed by atoms with van der Waals surface area (Å²) in [6.45, 7) is 0.192.